The number of hydrogen-bond donors (Lipinski definition) is 10. The summed E-state index contributed by atoms with van der Waals surface area (Å²) in [5.74, 6) is 0. The van der Waals surface area contributed by atoms with E-state index in [2.05, 4.69) is 0 Å². The van der Waals surface area contributed by atoms with E-state index in [0.29, 0.717) is 0 Å². The van der Waals surface area contributed by atoms with E-state index in [1.54, 1.807) is 6.92 Å². The maximum atomic E-state index is 10.7. The standard InChI is InChI=1S/C19H38N4O10/c1-4(20)14-12(28)13(29)19(30-14)33-17-9(25)6(21)3-7(22)16(17)32-18-8(23)10(26)11(27)15(31-18)5(2)24/h4-19,24-29H,3,20-23H2,1-2H3/t4-,5-,6-,7?,8?,9-,10-,11+,12?,13?,14-,15?,16-,17?,18-,19+/m1/s1. The average Bonchev–Trinajstić information content (AvgIpc) is 3.02. The van der Waals surface area contributed by atoms with E-state index in [9.17, 15) is 30.6 Å². The molecule has 3 rings (SSSR count). The normalized spacial score (nSPS) is 53.1. The molecule has 0 aromatic heterocycles. The number of nitrogens with two attached hydrogens (primary N) is 4. The molecule has 14 nitrogen and oxygen atoms in total. The first-order valence-electron chi connectivity index (χ1n) is 11.1. The molecule has 2 heterocycles. The van der Waals surface area contributed by atoms with E-state index in [1.165, 1.54) is 6.92 Å². The molecule has 0 spiro atoms. The smallest absolute Gasteiger partial charge is 0.187 e. The van der Waals surface area contributed by atoms with Crippen LogP contribution in [0.3, 0.4) is 0 Å². The largest absolute Gasteiger partial charge is 0.391 e. The lowest BCUT2D eigenvalue weighted by Crippen LogP contribution is -2.68. The fourth-order valence-electron chi connectivity index (χ4n) is 4.57. The molecule has 0 aromatic carbocycles. The van der Waals surface area contributed by atoms with Crippen molar-refractivity contribution in [3.63, 3.8) is 0 Å². The van der Waals surface area contributed by atoms with E-state index in [0.717, 1.165) is 0 Å². The van der Waals surface area contributed by atoms with Crippen LogP contribution >= 0.6 is 0 Å². The van der Waals surface area contributed by atoms with Crippen molar-refractivity contribution in [1.29, 1.82) is 0 Å². The molecule has 16 atom stereocenters. The van der Waals surface area contributed by atoms with Crippen molar-refractivity contribution in [3.05, 3.63) is 0 Å². The van der Waals surface area contributed by atoms with Gasteiger partial charge in [0.2, 0.25) is 0 Å². The van der Waals surface area contributed by atoms with E-state index in [4.69, 9.17) is 41.9 Å². The Morgan fingerprint density at radius 2 is 1.27 bits per heavy atom. The molecular formula is C19H38N4O10. The fraction of sp³-hybridized carbons (Fsp3) is 1.00. The molecule has 3 aliphatic rings. The number of aliphatic hydroxyl groups excluding tert-OH is 6. The van der Waals surface area contributed by atoms with Gasteiger partial charge in [0.15, 0.2) is 12.6 Å². The van der Waals surface area contributed by atoms with E-state index in [-0.39, 0.29) is 6.42 Å². The number of rotatable bonds is 6. The SMILES string of the molecule is C[C@@H](O)C1O[C@H](O[C@@H]2C(N)C[C@@H](N)[C@@H](O)C2O[C@@H]2O[C@H]([C@@H](C)N)C(O)C2O)C(N)[C@@H](O)[C@@H]1O. The Kier molecular flexibility index (Phi) is 8.68. The number of aliphatic hydroxyl groups is 6. The van der Waals surface area contributed by atoms with Crippen LogP contribution in [0.1, 0.15) is 20.3 Å². The zero-order chi connectivity index (χ0) is 24.8. The van der Waals surface area contributed by atoms with Crippen LogP contribution in [0.2, 0.25) is 0 Å². The van der Waals surface area contributed by atoms with Crippen LogP contribution in [0.4, 0.5) is 0 Å². The topological polar surface area (TPSA) is 262 Å². The van der Waals surface area contributed by atoms with Gasteiger partial charge in [0.25, 0.3) is 0 Å². The molecule has 14 N–H and O–H groups in total. The summed E-state index contributed by atoms with van der Waals surface area (Å²) in [6.07, 6.45) is -15.2. The Hall–Kier alpha value is -0.560. The molecule has 0 radical (unpaired) electrons. The Labute approximate surface area is 191 Å². The highest BCUT2D eigenvalue weighted by Gasteiger charge is 2.52. The lowest BCUT2D eigenvalue weighted by Gasteiger charge is -2.47. The van der Waals surface area contributed by atoms with Crippen LogP contribution in [0.15, 0.2) is 0 Å². The maximum absolute atomic E-state index is 10.7. The molecule has 1 aliphatic carbocycles. The average molecular weight is 483 g/mol. The summed E-state index contributed by atoms with van der Waals surface area (Å²) in [5, 5.41) is 61.6. The Morgan fingerprint density at radius 1 is 0.727 bits per heavy atom. The second kappa shape index (κ2) is 10.6. The zero-order valence-corrected chi connectivity index (χ0v) is 18.6. The molecule has 1 saturated carbocycles. The second-order valence-electron chi connectivity index (χ2n) is 9.33. The third-order valence-corrected chi connectivity index (χ3v) is 6.58. The molecule has 3 fully saturated rings. The summed E-state index contributed by atoms with van der Waals surface area (Å²) in [4.78, 5) is 0. The van der Waals surface area contributed by atoms with Gasteiger partial charge in [-0.15, -0.1) is 0 Å². The third kappa shape index (κ3) is 5.34. The van der Waals surface area contributed by atoms with Crippen LogP contribution in [0.5, 0.6) is 0 Å². The summed E-state index contributed by atoms with van der Waals surface area (Å²) >= 11 is 0. The molecule has 0 bridgehead atoms. The molecule has 2 saturated heterocycles. The van der Waals surface area contributed by atoms with Gasteiger partial charge in [-0.05, 0) is 20.3 Å². The molecule has 6 unspecified atom stereocenters. The molecular weight excluding hydrogens is 444 g/mol. The summed E-state index contributed by atoms with van der Waals surface area (Å²) in [6.45, 7) is 2.96. The Balaban J connectivity index is 1.80. The highest BCUT2D eigenvalue weighted by Crippen LogP contribution is 2.32. The predicted octanol–water partition coefficient (Wildman–Crippen LogP) is -5.88. The van der Waals surface area contributed by atoms with Crippen molar-refractivity contribution in [2.45, 2.75) is 118 Å². The lowest BCUT2D eigenvalue weighted by molar-refractivity contribution is -0.315. The van der Waals surface area contributed by atoms with Crippen molar-refractivity contribution < 1.29 is 49.6 Å². The van der Waals surface area contributed by atoms with Gasteiger partial charge < -0.3 is 72.5 Å². The first-order chi connectivity index (χ1) is 15.3. The minimum absolute atomic E-state index is 0.137. The van der Waals surface area contributed by atoms with Crippen molar-refractivity contribution in [3.8, 4) is 0 Å². The third-order valence-electron chi connectivity index (χ3n) is 6.58. The number of ether oxygens (including phenoxy) is 4. The van der Waals surface area contributed by atoms with Crippen LogP contribution in [-0.4, -0.2) is 128 Å². The molecule has 14 heteroatoms. The van der Waals surface area contributed by atoms with Gasteiger partial charge in [-0.3, -0.25) is 0 Å². The van der Waals surface area contributed by atoms with Gasteiger partial charge >= 0.3 is 0 Å². The quantitative estimate of drug-likeness (QED) is 0.169. The van der Waals surface area contributed by atoms with Crippen LogP contribution in [0, 0.1) is 0 Å². The monoisotopic (exact) mass is 482 g/mol. The minimum atomic E-state index is -1.48. The van der Waals surface area contributed by atoms with Crippen LogP contribution in [-0.2, 0) is 18.9 Å². The molecule has 2 aliphatic heterocycles. The zero-order valence-electron chi connectivity index (χ0n) is 18.6. The predicted molar refractivity (Wildman–Crippen MR) is 111 cm³/mol. The van der Waals surface area contributed by atoms with Crippen molar-refractivity contribution >= 4 is 0 Å². The van der Waals surface area contributed by atoms with Crippen LogP contribution in [0.25, 0.3) is 0 Å². The van der Waals surface area contributed by atoms with Gasteiger partial charge in [-0.2, -0.15) is 0 Å². The fourth-order valence-corrected chi connectivity index (χ4v) is 4.57. The summed E-state index contributed by atoms with van der Waals surface area (Å²) in [6, 6.07) is -3.41. The molecule has 0 aromatic rings. The Bertz CT molecular complexity index is 648. The second-order valence-corrected chi connectivity index (χ2v) is 9.33. The minimum Gasteiger partial charge on any atom is -0.391 e. The summed E-state index contributed by atoms with van der Waals surface area (Å²) in [5.41, 5.74) is 24.0. The summed E-state index contributed by atoms with van der Waals surface area (Å²) < 4.78 is 22.9. The van der Waals surface area contributed by atoms with Gasteiger partial charge in [0.1, 0.15) is 48.8 Å². The number of hydrogen-bond acceptors (Lipinski definition) is 14. The van der Waals surface area contributed by atoms with E-state index < -0.39 is 97.8 Å². The molecule has 194 valence electrons. The highest BCUT2D eigenvalue weighted by molar-refractivity contribution is 5.02. The maximum Gasteiger partial charge on any atom is 0.187 e. The van der Waals surface area contributed by atoms with E-state index >= 15 is 0 Å². The van der Waals surface area contributed by atoms with E-state index in [1.807, 2.05) is 0 Å². The van der Waals surface area contributed by atoms with Crippen molar-refractivity contribution in [2.24, 2.45) is 22.9 Å². The lowest BCUT2D eigenvalue weighted by atomic mass is 9.84. The van der Waals surface area contributed by atoms with Gasteiger partial charge in [-0.1, -0.05) is 0 Å². The van der Waals surface area contributed by atoms with Crippen molar-refractivity contribution in [2.75, 3.05) is 0 Å². The Morgan fingerprint density at radius 3 is 1.82 bits per heavy atom. The highest BCUT2D eigenvalue weighted by atomic mass is 16.7. The molecule has 33 heavy (non-hydrogen) atoms. The van der Waals surface area contributed by atoms with Gasteiger partial charge in [0, 0.05) is 18.1 Å². The van der Waals surface area contributed by atoms with Gasteiger partial charge in [-0.25, -0.2) is 0 Å². The first kappa shape index (κ1) is 27.0. The summed E-state index contributed by atoms with van der Waals surface area (Å²) in [7, 11) is 0. The van der Waals surface area contributed by atoms with Crippen molar-refractivity contribution in [1.82, 2.24) is 0 Å². The molecule has 0 amide bonds. The van der Waals surface area contributed by atoms with Crippen LogP contribution < -0.4 is 22.9 Å². The first-order valence-corrected chi connectivity index (χ1v) is 11.1. The van der Waals surface area contributed by atoms with Gasteiger partial charge in [0.05, 0.1) is 18.2 Å².